The predicted octanol–water partition coefficient (Wildman–Crippen LogP) is 4.20. The van der Waals surface area contributed by atoms with Crippen LogP contribution in [0.25, 0.3) is 0 Å². The van der Waals surface area contributed by atoms with Crippen molar-refractivity contribution < 1.29 is 22.3 Å². The third kappa shape index (κ3) is 5.07. The van der Waals surface area contributed by atoms with E-state index in [9.17, 15) is 17.6 Å². The molecule has 0 aliphatic carbocycles. The summed E-state index contributed by atoms with van der Waals surface area (Å²) in [6.45, 7) is 2.87. The van der Waals surface area contributed by atoms with Crippen LogP contribution in [0.2, 0.25) is 0 Å². The average molecular weight is 397 g/mol. The Labute approximate surface area is 153 Å². The van der Waals surface area contributed by atoms with Crippen LogP contribution < -0.4 is 10.1 Å². The number of ether oxygens (including phenoxy) is 1. The highest BCUT2D eigenvalue weighted by Gasteiger charge is 2.32. The van der Waals surface area contributed by atoms with Gasteiger partial charge in [0.15, 0.2) is 0 Å². The summed E-state index contributed by atoms with van der Waals surface area (Å²) in [6, 6.07) is 4.60. The second-order valence-corrected chi connectivity index (χ2v) is 6.26. The molecule has 9 heteroatoms. The van der Waals surface area contributed by atoms with Crippen LogP contribution in [0.3, 0.4) is 0 Å². The van der Waals surface area contributed by atoms with Gasteiger partial charge in [0.05, 0.1) is 6.04 Å². The standard InChI is InChI=1S/C16H16F4N2OS.ClH/c17-14-2-1-12(23-16(18,19)20)9-13(14)15(11-3-8-24-10-11)22-6-4-21-5-7-22;/h1-3,8-10,15,21H,4-7H2;1H/t15-;/m1./s1. The number of thiophene rings is 1. The molecule has 2 aromatic rings. The van der Waals surface area contributed by atoms with Crippen LogP contribution in [0.1, 0.15) is 17.2 Å². The van der Waals surface area contributed by atoms with Gasteiger partial charge in [-0.25, -0.2) is 4.39 Å². The van der Waals surface area contributed by atoms with Gasteiger partial charge in [0.2, 0.25) is 0 Å². The molecule has 3 rings (SSSR count). The molecule has 1 saturated heterocycles. The van der Waals surface area contributed by atoms with E-state index in [0.717, 1.165) is 36.9 Å². The number of hydrogen-bond donors (Lipinski definition) is 1. The monoisotopic (exact) mass is 396 g/mol. The minimum Gasteiger partial charge on any atom is -0.406 e. The zero-order chi connectivity index (χ0) is 17.2. The number of nitrogens with zero attached hydrogens (tertiary/aromatic N) is 1. The molecular weight excluding hydrogens is 380 g/mol. The summed E-state index contributed by atoms with van der Waals surface area (Å²) in [5, 5.41) is 6.98. The summed E-state index contributed by atoms with van der Waals surface area (Å²) in [4.78, 5) is 2.06. The number of piperazine rings is 1. The summed E-state index contributed by atoms with van der Waals surface area (Å²) in [5.74, 6) is -0.950. The molecule has 25 heavy (non-hydrogen) atoms. The molecule has 1 aliphatic rings. The maximum atomic E-state index is 14.4. The number of rotatable bonds is 4. The summed E-state index contributed by atoms with van der Waals surface area (Å²) in [5.41, 5.74) is 1.06. The van der Waals surface area contributed by atoms with Crippen LogP contribution in [0.15, 0.2) is 35.0 Å². The number of nitrogens with one attached hydrogen (secondary N) is 1. The topological polar surface area (TPSA) is 24.5 Å². The molecule has 0 amide bonds. The lowest BCUT2D eigenvalue weighted by Crippen LogP contribution is -2.45. The van der Waals surface area contributed by atoms with Crippen molar-refractivity contribution in [2.75, 3.05) is 26.2 Å². The van der Waals surface area contributed by atoms with E-state index < -0.39 is 24.0 Å². The highest BCUT2D eigenvalue weighted by Crippen LogP contribution is 2.35. The number of halogens is 5. The van der Waals surface area contributed by atoms with Gasteiger partial charge >= 0.3 is 6.36 Å². The van der Waals surface area contributed by atoms with Gasteiger partial charge in [0.1, 0.15) is 11.6 Å². The second kappa shape index (κ2) is 8.35. The molecule has 0 radical (unpaired) electrons. The van der Waals surface area contributed by atoms with Crippen LogP contribution >= 0.6 is 23.7 Å². The molecule has 3 nitrogen and oxygen atoms in total. The van der Waals surface area contributed by atoms with E-state index in [4.69, 9.17) is 0 Å². The molecule has 0 spiro atoms. The lowest BCUT2D eigenvalue weighted by molar-refractivity contribution is -0.274. The average Bonchev–Trinajstić information content (AvgIpc) is 3.04. The lowest BCUT2D eigenvalue weighted by Gasteiger charge is -2.35. The normalized spacial score (nSPS) is 17.0. The maximum absolute atomic E-state index is 14.4. The number of benzene rings is 1. The van der Waals surface area contributed by atoms with Crippen molar-refractivity contribution in [1.82, 2.24) is 10.2 Å². The summed E-state index contributed by atoms with van der Waals surface area (Å²) in [7, 11) is 0. The molecule has 2 heterocycles. The van der Waals surface area contributed by atoms with Crippen molar-refractivity contribution in [3.8, 4) is 5.75 Å². The first kappa shape index (κ1) is 20.0. The van der Waals surface area contributed by atoms with Gasteiger partial charge < -0.3 is 10.1 Å². The van der Waals surface area contributed by atoms with E-state index in [1.165, 1.54) is 11.3 Å². The van der Waals surface area contributed by atoms with Crippen LogP contribution in [0.4, 0.5) is 17.6 Å². The molecule has 1 N–H and O–H groups in total. The Morgan fingerprint density at radius 3 is 2.48 bits per heavy atom. The molecule has 0 unspecified atom stereocenters. The van der Waals surface area contributed by atoms with Crippen LogP contribution in [0.5, 0.6) is 5.75 Å². The van der Waals surface area contributed by atoms with Gasteiger partial charge in [-0.05, 0) is 40.6 Å². The van der Waals surface area contributed by atoms with Crippen molar-refractivity contribution >= 4 is 23.7 Å². The van der Waals surface area contributed by atoms with Crippen LogP contribution in [0, 0.1) is 5.82 Å². The molecular formula is C16H17ClF4N2OS. The smallest absolute Gasteiger partial charge is 0.406 e. The lowest BCUT2D eigenvalue weighted by atomic mass is 9.98. The Morgan fingerprint density at radius 1 is 1.16 bits per heavy atom. The Morgan fingerprint density at radius 2 is 1.88 bits per heavy atom. The summed E-state index contributed by atoms with van der Waals surface area (Å²) in [6.07, 6.45) is -4.80. The summed E-state index contributed by atoms with van der Waals surface area (Å²) >= 11 is 1.47. The predicted molar refractivity (Wildman–Crippen MR) is 90.9 cm³/mol. The number of hydrogen-bond acceptors (Lipinski definition) is 4. The van der Waals surface area contributed by atoms with Gasteiger partial charge in [0, 0.05) is 31.7 Å². The fraction of sp³-hybridized carbons (Fsp3) is 0.375. The molecule has 1 aromatic heterocycles. The highest BCUT2D eigenvalue weighted by atomic mass is 35.5. The first-order valence-corrected chi connectivity index (χ1v) is 8.40. The van der Waals surface area contributed by atoms with E-state index in [0.29, 0.717) is 13.1 Å². The SMILES string of the molecule is Cl.Fc1ccc(OC(F)(F)F)cc1[C@@H](c1ccsc1)N1CCNCC1. The molecule has 1 aliphatic heterocycles. The molecule has 0 saturated carbocycles. The zero-order valence-corrected chi connectivity index (χ0v) is 14.7. The fourth-order valence-electron chi connectivity index (χ4n) is 2.89. The molecule has 1 fully saturated rings. The quantitative estimate of drug-likeness (QED) is 0.784. The van der Waals surface area contributed by atoms with E-state index in [1.54, 1.807) is 0 Å². The Hall–Kier alpha value is -1.35. The zero-order valence-electron chi connectivity index (χ0n) is 13.1. The minimum atomic E-state index is -4.80. The van der Waals surface area contributed by atoms with E-state index in [2.05, 4.69) is 15.0 Å². The minimum absolute atomic E-state index is 0. The van der Waals surface area contributed by atoms with Crippen LogP contribution in [-0.2, 0) is 0 Å². The van der Waals surface area contributed by atoms with Crippen molar-refractivity contribution in [2.45, 2.75) is 12.4 Å². The Balaban J connectivity index is 0.00000225. The number of alkyl halides is 3. The first-order valence-electron chi connectivity index (χ1n) is 7.46. The van der Waals surface area contributed by atoms with Crippen molar-refractivity contribution in [3.63, 3.8) is 0 Å². The van der Waals surface area contributed by atoms with E-state index in [-0.39, 0.29) is 18.0 Å². The Kier molecular flexibility index (Phi) is 6.67. The largest absolute Gasteiger partial charge is 0.573 e. The Bertz CT molecular complexity index is 675. The van der Waals surface area contributed by atoms with Gasteiger partial charge in [0.25, 0.3) is 0 Å². The molecule has 1 aromatic carbocycles. The van der Waals surface area contributed by atoms with Gasteiger partial charge in [-0.2, -0.15) is 11.3 Å². The van der Waals surface area contributed by atoms with Crippen LogP contribution in [-0.4, -0.2) is 37.4 Å². The van der Waals surface area contributed by atoms with Crippen molar-refractivity contribution in [3.05, 3.63) is 52.0 Å². The molecule has 0 bridgehead atoms. The second-order valence-electron chi connectivity index (χ2n) is 5.48. The fourth-order valence-corrected chi connectivity index (χ4v) is 3.57. The first-order chi connectivity index (χ1) is 11.4. The third-order valence-electron chi connectivity index (χ3n) is 3.87. The molecule has 1 atom stereocenters. The van der Waals surface area contributed by atoms with E-state index >= 15 is 0 Å². The molecule has 138 valence electrons. The highest BCUT2D eigenvalue weighted by molar-refractivity contribution is 7.08. The van der Waals surface area contributed by atoms with Gasteiger partial charge in [-0.3, -0.25) is 4.90 Å². The van der Waals surface area contributed by atoms with Gasteiger partial charge in [-0.1, -0.05) is 0 Å². The maximum Gasteiger partial charge on any atom is 0.573 e. The third-order valence-corrected chi connectivity index (χ3v) is 4.57. The van der Waals surface area contributed by atoms with E-state index in [1.807, 2.05) is 16.8 Å². The summed E-state index contributed by atoms with van der Waals surface area (Å²) < 4.78 is 55.8. The van der Waals surface area contributed by atoms with Crippen molar-refractivity contribution in [2.24, 2.45) is 0 Å². The van der Waals surface area contributed by atoms with Crippen molar-refractivity contribution in [1.29, 1.82) is 0 Å². The van der Waals surface area contributed by atoms with Gasteiger partial charge in [-0.15, -0.1) is 25.6 Å².